The zero-order valence-electron chi connectivity index (χ0n) is 20.4. The van der Waals surface area contributed by atoms with Gasteiger partial charge in [-0.05, 0) is 63.0 Å². The predicted molar refractivity (Wildman–Crippen MR) is 136 cm³/mol. The van der Waals surface area contributed by atoms with E-state index in [0.29, 0.717) is 36.8 Å². The van der Waals surface area contributed by atoms with Crippen LogP contribution in [-0.2, 0) is 17.9 Å². The van der Waals surface area contributed by atoms with Crippen LogP contribution >= 0.6 is 0 Å². The van der Waals surface area contributed by atoms with E-state index in [2.05, 4.69) is 35.6 Å². The van der Waals surface area contributed by atoms with E-state index >= 15 is 0 Å². The summed E-state index contributed by atoms with van der Waals surface area (Å²) < 4.78 is 18.8. The minimum absolute atomic E-state index is 0.271. The van der Waals surface area contributed by atoms with Gasteiger partial charge in [-0.2, -0.15) is 5.10 Å². The third-order valence-electron chi connectivity index (χ3n) is 6.92. The van der Waals surface area contributed by atoms with Crippen molar-refractivity contribution in [1.29, 1.82) is 0 Å². The number of piperidine rings is 1. The molecule has 1 amide bonds. The van der Waals surface area contributed by atoms with E-state index in [9.17, 15) is 9.18 Å². The molecule has 1 aliphatic rings. The molecule has 1 saturated heterocycles. The monoisotopic (exact) mass is 490 g/mol. The third kappa shape index (κ3) is 5.08. The van der Waals surface area contributed by atoms with Crippen LogP contribution in [-0.4, -0.2) is 61.3 Å². The van der Waals surface area contributed by atoms with E-state index in [-0.39, 0.29) is 11.7 Å². The molecular formula is C26H31FN8O. The van der Waals surface area contributed by atoms with Gasteiger partial charge in [-0.3, -0.25) is 9.69 Å². The molecule has 36 heavy (non-hydrogen) atoms. The average molecular weight is 491 g/mol. The number of carbonyl (C=O) groups is 1. The second kappa shape index (κ2) is 10.4. The lowest BCUT2D eigenvalue weighted by atomic mass is 9.96. The Balaban J connectivity index is 1.32. The summed E-state index contributed by atoms with van der Waals surface area (Å²) in [5.74, 6) is 0.760. The zero-order valence-corrected chi connectivity index (χ0v) is 20.4. The molecule has 5 rings (SSSR count). The molecule has 0 aliphatic carbocycles. The van der Waals surface area contributed by atoms with E-state index < -0.39 is 0 Å². The minimum Gasteiger partial charge on any atom is -0.369 e. The Morgan fingerprint density at radius 2 is 2.03 bits per heavy atom. The quantitative estimate of drug-likeness (QED) is 0.387. The molecule has 2 N–H and O–H groups in total. The molecule has 188 valence electrons. The minimum atomic E-state index is -0.275. The molecular weight excluding hydrogens is 459 g/mol. The smallest absolute Gasteiger partial charge is 0.231 e. The number of benzene rings is 1. The van der Waals surface area contributed by atoms with Gasteiger partial charge in [0, 0.05) is 43.8 Å². The SMILES string of the molecule is CCN(Cc1ccc(-n2cccn2)cc1F)c1ncnc2c1ccn2CC1CCN(CC(N)=O)CC1. The maximum atomic E-state index is 15.0. The van der Waals surface area contributed by atoms with Crippen LogP contribution in [0.15, 0.2) is 55.2 Å². The van der Waals surface area contributed by atoms with Gasteiger partial charge in [0.1, 0.15) is 23.6 Å². The van der Waals surface area contributed by atoms with Crippen molar-refractivity contribution in [2.45, 2.75) is 32.9 Å². The number of hydrogen-bond donors (Lipinski definition) is 1. The molecule has 0 atom stereocenters. The Bertz CT molecular complexity index is 1330. The van der Waals surface area contributed by atoms with Gasteiger partial charge in [0.2, 0.25) is 5.91 Å². The van der Waals surface area contributed by atoms with Crippen LogP contribution < -0.4 is 10.6 Å². The molecule has 1 aliphatic heterocycles. The van der Waals surface area contributed by atoms with Crippen molar-refractivity contribution in [3.05, 3.63) is 66.6 Å². The third-order valence-corrected chi connectivity index (χ3v) is 6.92. The molecule has 1 fully saturated rings. The normalized spacial score (nSPS) is 14.9. The number of anilines is 1. The molecule has 0 spiro atoms. The molecule has 3 aromatic heterocycles. The van der Waals surface area contributed by atoms with Gasteiger partial charge in [0.25, 0.3) is 0 Å². The Kier molecular flexibility index (Phi) is 6.95. The van der Waals surface area contributed by atoms with Gasteiger partial charge < -0.3 is 15.2 Å². The molecule has 4 heterocycles. The number of amides is 1. The number of nitrogens with zero attached hydrogens (tertiary/aromatic N) is 7. The highest BCUT2D eigenvalue weighted by molar-refractivity contribution is 5.87. The molecule has 0 radical (unpaired) electrons. The van der Waals surface area contributed by atoms with E-state index in [4.69, 9.17) is 5.73 Å². The number of nitrogens with two attached hydrogens (primary N) is 1. The average Bonchev–Trinajstić information content (AvgIpc) is 3.55. The van der Waals surface area contributed by atoms with E-state index in [1.54, 1.807) is 23.4 Å². The van der Waals surface area contributed by atoms with Gasteiger partial charge in [0.15, 0.2) is 0 Å². The fraction of sp³-hybridized carbons (Fsp3) is 0.385. The van der Waals surface area contributed by atoms with E-state index in [0.717, 1.165) is 49.3 Å². The van der Waals surface area contributed by atoms with Gasteiger partial charge in [0.05, 0.1) is 17.6 Å². The lowest BCUT2D eigenvalue weighted by Gasteiger charge is -2.31. The van der Waals surface area contributed by atoms with Crippen molar-refractivity contribution in [3.8, 4) is 5.69 Å². The second-order valence-electron chi connectivity index (χ2n) is 9.33. The van der Waals surface area contributed by atoms with Crippen LogP contribution in [0.1, 0.15) is 25.3 Å². The first-order valence-corrected chi connectivity index (χ1v) is 12.4. The number of rotatable bonds is 9. The fourth-order valence-electron chi connectivity index (χ4n) is 4.99. The fourth-order valence-corrected chi connectivity index (χ4v) is 4.99. The second-order valence-corrected chi connectivity index (χ2v) is 9.33. The molecule has 10 heteroatoms. The number of likely N-dealkylation sites (tertiary alicyclic amines) is 1. The maximum Gasteiger partial charge on any atom is 0.231 e. The van der Waals surface area contributed by atoms with E-state index in [1.165, 1.54) is 6.07 Å². The van der Waals surface area contributed by atoms with Crippen molar-refractivity contribution in [2.24, 2.45) is 11.7 Å². The zero-order chi connectivity index (χ0) is 25.1. The van der Waals surface area contributed by atoms with Gasteiger partial charge in [-0.25, -0.2) is 19.0 Å². The summed E-state index contributed by atoms with van der Waals surface area (Å²) in [7, 11) is 0. The summed E-state index contributed by atoms with van der Waals surface area (Å²) >= 11 is 0. The van der Waals surface area contributed by atoms with Crippen LogP contribution in [0.2, 0.25) is 0 Å². The highest BCUT2D eigenvalue weighted by atomic mass is 19.1. The van der Waals surface area contributed by atoms with Crippen molar-refractivity contribution >= 4 is 22.8 Å². The number of hydrogen-bond acceptors (Lipinski definition) is 6. The van der Waals surface area contributed by atoms with Crippen molar-refractivity contribution < 1.29 is 9.18 Å². The van der Waals surface area contributed by atoms with Gasteiger partial charge in [-0.15, -0.1) is 0 Å². The van der Waals surface area contributed by atoms with Crippen LogP contribution in [0.3, 0.4) is 0 Å². The Labute approximate surface area is 209 Å². The molecule has 4 aromatic rings. The lowest BCUT2D eigenvalue weighted by Crippen LogP contribution is -2.40. The van der Waals surface area contributed by atoms with Crippen molar-refractivity contribution in [3.63, 3.8) is 0 Å². The summed E-state index contributed by atoms with van der Waals surface area (Å²) in [6.45, 7) is 6.06. The summed E-state index contributed by atoms with van der Waals surface area (Å²) in [6.07, 6.45) is 9.14. The molecule has 1 aromatic carbocycles. The van der Waals surface area contributed by atoms with Crippen LogP contribution in [0, 0.1) is 11.7 Å². The standard InChI is InChI=1S/C26H31FN8O/c1-2-33(16-20-4-5-21(14-23(20)27)35-10-3-9-31-35)25-22-8-13-34(26(22)30-18-29-25)15-19-6-11-32(12-7-19)17-24(28)36/h3-5,8-10,13-14,18-19H,2,6-7,11-12,15-17H2,1H3,(H2,28,36). The summed E-state index contributed by atoms with van der Waals surface area (Å²) in [4.78, 5) is 24.5. The Hall–Kier alpha value is -3.79. The molecule has 0 saturated carbocycles. The van der Waals surface area contributed by atoms with Gasteiger partial charge in [-0.1, -0.05) is 6.07 Å². The van der Waals surface area contributed by atoms with Gasteiger partial charge >= 0.3 is 0 Å². The number of aromatic nitrogens is 5. The summed E-state index contributed by atoms with van der Waals surface area (Å²) in [5.41, 5.74) is 7.50. The summed E-state index contributed by atoms with van der Waals surface area (Å²) in [5, 5.41) is 5.13. The van der Waals surface area contributed by atoms with Crippen LogP contribution in [0.5, 0.6) is 0 Å². The largest absolute Gasteiger partial charge is 0.369 e. The lowest BCUT2D eigenvalue weighted by molar-refractivity contribution is -0.119. The number of primary amides is 1. The summed E-state index contributed by atoms with van der Waals surface area (Å²) in [6, 6.07) is 9.05. The highest BCUT2D eigenvalue weighted by Crippen LogP contribution is 2.28. The Morgan fingerprint density at radius 1 is 1.19 bits per heavy atom. The Morgan fingerprint density at radius 3 is 2.72 bits per heavy atom. The number of halogens is 1. The first kappa shape index (κ1) is 23.9. The molecule has 9 nitrogen and oxygen atoms in total. The first-order chi connectivity index (χ1) is 17.5. The highest BCUT2D eigenvalue weighted by Gasteiger charge is 2.22. The number of fused-ring (bicyclic) bond motifs is 1. The van der Waals surface area contributed by atoms with Crippen LogP contribution in [0.25, 0.3) is 16.7 Å². The molecule has 0 unspecified atom stereocenters. The topological polar surface area (TPSA) is 98.1 Å². The molecule has 0 bridgehead atoms. The van der Waals surface area contributed by atoms with Crippen LogP contribution in [0.4, 0.5) is 10.2 Å². The van der Waals surface area contributed by atoms with Crippen molar-refractivity contribution in [1.82, 2.24) is 29.2 Å². The first-order valence-electron chi connectivity index (χ1n) is 12.4. The van der Waals surface area contributed by atoms with E-state index in [1.807, 2.05) is 31.2 Å². The predicted octanol–water partition coefficient (Wildman–Crippen LogP) is 2.98. The van der Waals surface area contributed by atoms with Crippen molar-refractivity contribution in [2.75, 3.05) is 31.1 Å². The number of carbonyl (C=O) groups excluding carboxylic acids is 1. The maximum absolute atomic E-state index is 15.0.